The average molecular weight is 445 g/mol. The van der Waals surface area contributed by atoms with Crippen LogP contribution in [-0.2, 0) is 0 Å². The van der Waals surface area contributed by atoms with E-state index in [1.54, 1.807) is 23.5 Å². The van der Waals surface area contributed by atoms with Crippen LogP contribution in [0.15, 0.2) is 38.6 Å². The summed E-state index contributed by atoms with van der Waals surface area (Å²) in [6.07, 6.45) is -4.70. The Labute approximate surface area is 140 Å². The maximum absolute atomic E-state index is 12.2. The summed E-state index contributed by atoms with van der Waals surface area (Å²) in [6, 6.07) is 6.36. The summed E-state index contributed by atoms with van der Waals surface area (Å²) in [5.74, 6) is -0.266. The SMILES string of the molecule is CC(Nc1ccc(OC(F)(F)F)c(Br)c1)c1sccc1Br. The molecule has 0 amide bonds. The third-order valence-corrected chi connectivity index (χ3v) is 5.25. The maximum atomic E-state index is 12.2. The highest BCUT2D eigenvalue weighted by Gasteiger charge is 2.32. The van der Waals surface area contributed by atoms with Gasteiger partial charge in [-0.05, 0) is 68.4 Å². The van der Waals surface area contributed by atoms with E-state index in [2.05, 4.69) is 41.9 Å². The quantitative estimate of drug-likeness (QED) is 0.593. The van der Waals surface area contributed by atoms with Gasteiger partial charge in [-0.3, -0.25) is 0 Å². The van der Waals surface area contributed by atoms with E-state index in [1.165, 1.54) is 6.07 Å². The van der Waals surface area contributed by atoms with Crippen molar-refractivity contribution in [3.63, 3.8) is 0 Å². The fourth-order valence-electron chi connectivity index (χ4n) is 1.73. The van der Waals surface area contributed by atoms with Crippen LogP contribution in [0.1, 0.15) is 17.8 Å². The first kappa shape index (κ1) is 16.6. The lowest BCUT2D eigenvalue weighted by molar-refractivity contribution is -0.274. The first-order valence-corrected chi connectivity index (χ1v) is 8.27. The Morgan fingerprint density at radius 2 is 1.90 bits per heavy atom. The third-order valence-electron chi connectivity index (χ3n) is 2.58. The summed E-state index contributed by atoms with van der Waals surface area (Å²) in [5.41, 5.74) is 0.698. The molecule has 0 saturated carbocycles. The second-order valence-electron chi connectivity index (χ2n) is 4.19. The number of halogens is 5. The molecule has 0 saturated heterocycles. The Morgan fingerprint density at radius 1 is 1.19 bits per heavy atom. The van der Waals surface area contributed by atoms with Crippen molar-refractivity contribution in [2.75, 3.05) is 5.32 Å². The molecule has 0 bridgehead atoms. The molecule has 1 atom stereocenters. The molecule has 2 aromatic rings. The summed E-state index contributed by atoms with van der Waals surface area (Å²) in [4.78, 5) is 1.11. The molecule has 1 aromatic carbocycles. The van der Waals surface area contributed by atoms with Gasteiger partial charge in [0.05, 0.1) is 10.5 Å². The van der Waals surface area contributed by atoms with E-state index in [0.717, 1.165) is 9.35 Å². The first-order chi connectivity index (χ1) is 9.76. The second kappa shape index (κ2) is 6.58. The molecule has 21 heavy (non-hydrogen) atoms. The molecular weight excluding hydrogens is 435 g/mol. The van der Waals surface area contributed by atoms with Crippen LogP contribution in [0.5, 0.6) is 5.75 Å². The molecule has 8 heteroatoms. The van der Waals surface area contributed by atoms with Crippen molar-refractivity contribution in [2.45, 2.75) is 19.3 Å². The van der Waals surface area contributed by atoms with E-state index in [0.29, 0.717) is 5.69 Å². The summed E-state index contributed by atoms with van der Waals surface area (Å²) in [6.45, 7) is 1.98. The van der Waals surface area contributed by atoms with E-state index < -0.39 is 6.36 Å². The monoisotopic (exact) mass is 443 g/mol. The van der Waals surface area contributed by atoms with Crippen LogP contribution in [0, 0.1) is 0 Å². The van der Waals surface area contributed by atoms with Gasteiger partial charge in [-0.2, -0.15) is 0 Å². The topological polar surface area (TPSA) is 21.3 Å². The van der Waals surface area contributed by atoms with Crippen LogP contribution in [0.2, 0.25) is 0 Å². The number of rotatable bonds is 4. The standard InChI is InChI=1S/C13H10Br2F3NOS/c1-7(12-9(14)4-5-21-12)19-8-2-3-11(10(15)6-8)20-13(16,17)18/h2-7,19H,1H3. The molecule has 0 fully saturated rings. The van der Waals surface area contributed by atoms with Crippen LogP contribution in [0.4, 0.5) is 18.9 Å². The minimum Gasteiger partial charge on any atom is -0.405 e. The Bertz CT molecular complexity index is 630. The highest BCUT2D eigenvalue weighted by atomic mass is 79.9. The maximum Gasteiger partial charge on any atom is 0.573 e. The fourth-order valence-corrected chi connectivity index (χ4v) is 3.91. The summed E-state index contributed by atoms with van der Waals surface area (Å²) in [5, 5.41) is 5.20. The molecule has 114 valence electrons. The summed E-state index contributed by atoms with van der Waals surface area (Å²) < 4.78 is 41.7. The summed E-state index contributed by atoms with van der Waals surface area (Å²) in [7, 11) is 0. The Hall–Kier alpha value is -0.730. The Balaban J connectivity index is 2.12. The fraction of sp³-hybridized carbons (Fsp3) is 0.231. The number of hydrogen-bond donors (Lipinski definition) is 1. The van der Waals surface area contributed by atoms with Crippen LogP contribution in [0.3, 0.4) is 0 Å². The van der Waals surface area contributed by atoms with Crippen molar-refractivity contribution in [3.05, 3.63) is 43.5 Å². The molecule has 1 unspecified atom stereocenters. The molecule has 1 heterocycles. The van der Waals surface area contributed by atoms with Gasteiger partial charge >= 0.3 is 6.36 Å². The van der Waals surface area contributed by atoms with Crippen LogP contribution < -0.4 is 10.1 Å². The average Bonchev–Trinajstić information content (AvgIpc) is 2.77. The number of nitrogens with one attached hydrogen (secondary N) is 1. The van der Waals surface area contributed by atoms with Crippen LogP contribution >= 0.6 is 43.2 Å². The van der Waals surface area contributed by atoms with Gasteiger partial charge in [0.1, 0.15) is 5.75 Å². The van der Waals surface area contributed by atoms with Gasteiger partial charge in [0.25, 0.3) is 0 Å². The van der Waals surface area contributed by atoms with E-state index in [-0.39, 0.29) is 16.3 Å². The Morgan fingerprint density at radius 3 is 2.43 bits per heavy atom. The van der Waals surface area contributed by atoms with Gasteiger partial charge < -0.3 is 10.1 Å². The second-order valence-corrected chi connectivity index (χ2v) is 6.85. The highest BCUT2D eigenvalue weighted by Crippen LogP contribution is 2.35. The van der Waals surface area contributed by atoms with Crippen molar-refractivity contribution in [1.29, 1.82) is 0 Å². The van der Waals surface area contributed by atoms with E-state index in [9.17, 15) is 13.2 Å². The zero-order chi connectivity index (χ0) is 15.6. The predicted molar refractivity (Wildman–Crippen MR) is 84.9 cm³/mol. The van der Waals surface area contributed by atoms with Crippen molar-refractivity contribution < 1.29 is 17.9 Å². The number of hydrogen-bond acceptors (Lipinski definition) is 3. The predicted octanol–water partition coefficient (Wildman–Crippen LogP) is 6.34. The van der Waals surface area contributed by atoms with Gasteiger partial charge in [0.2, 0.25) is 0 Å². The van der Waals surface area contributed by atoms with Crippen LogP contribution in [-0.4, -0.2) is 6.36 Å². The largest absolute Gasteiger partial charge is 0.573 e. The minimum atomic E-state index is -4.70. The summed E-state index contributed by atoms with van der Waals surface area (Å²) >= 11 is 8.13. The smallest absolute Gasteiger partial charge is 0.405 e. The van der Waals surface area contributed by atoms with Gasteiger partial charge in [0, 0.05) is 15.0 Å². The molecule has 0 aliphatic heterocycles. The van der Waals surface area contributed by atoms with Gasteiger partial charge in [-0.1, -0.05) is 0 Å². The molecule has 0 spiro atoms. The normalized spacial score (nSPS) is 13.0. The van der Waals surface area contributed by atoms with Crippen molar-refractivity contribution >= 4 is 48.9 Å². The number of thiophene rings is 1. The highest BCUT2D eigenvalue weighted by molar-refractivity contribution is 9.10. The number of benzene rings is 1. The molecule has 0 aliphatic rings. The lowest BCUT2D eigenvalue weighted by Gasteiger charge is -2.16. The van der Waals surface area contributed by atoms with Crippen molar-refractivity contribution in [1.82, 2.24) is 0 Å². The van der Waals surface area contributed by atoms with E-state index in [4.69, 9.17) is 0 Å². The van der Waals surface area contributed by atoms with Gasteiger partial charge in [-0.25, -0.2) is 0 Å². The lowest BCUT2D eigenvalue weighted by Crippen LogP contribution is -2.17. The molecule has 0 aliphatic carbocycles. The third kappa shape index (κ3) is 4.62. The van der Waals surface area contributed by atoms with Gasteiger partial charge in [-0.15, -0.1) is 24.5 Å². The Kier molecular flexibility index (Phi) is 5.21. The minimum absolute atomic E-state index is 0.0284. The zero-order valence-corrected chi connectivity index (χ0v) is 14.7. The number of alkyl halides is 3. The lowest BCUT2D eigenvalue weighted by atomic mass is 10.2. The van der Waals surface area contributed by atoms with E-state index >= 15 is 0 Å². The number of anilines is 1. The molecule has 2 nitrogen and oxygen atoms in total. The molecule has 0 radical (unpaired) electrons. The molecule has 2 rings (SSSR count). The number of ether oxygens (including phenoxy) is 1. The first-order valence-electron chi connectivity index (χ1n) is 5.81. The van der Waals surface area contributed by atoms with Crippen molar-refractivity contribution in [2.24, 2.45) is 0 Å². The van der Waals surface area contributed by atoms with E-state index in [1.807, 2.05) is 18.4 Å². The molecular formula is C13H10Br2F3NOS. The molecule has 1 N–H and O–H groups in total. The van der Waals surface area contributed by atoms with Crippen molar-refractivity contribution in [3.8, 4) is 5.75 Å². The molecule has 1 aromatic heterocycles. The van der Waals surface area contributed by atoms with Gasteiger partial charge in [0.15, 0.2) is 0 Å². The zero-order valence-electron chi connectivity index (χ0n) is 10.7. The van der Waals surface area contributed by atoms with Crippen LogP contribution in [0.25, 0.3) is 0 Å².